The molecule has 0 aliphatic rings. The summed E-state index contributed by atoms with van der Waals surface area (Å²) in [7, 11) is 0. The van der Waals surface area contributed by atoms with Crippen LogP contribution in [0.3, 0.4) is 0 Å². The maximum atomic E-state index is 12.0. The first-order valence-corrected chi connectivity index (χ1v) is 5.01. The number of rotatable bonds is 1. The minimum atomic E-state index is -0.638. The van der Waals surface area contributed by atoms with Gasteiger partial charge in [-0.3, -0.25) is 4.79 Å². The van der Waals surface area contributed by atoms with Crippen LogP contribution in [0.25, 0.3) is 10.9 Å². The number of aryl methyl sites for hydroxylation is 1. The van der Waals surface area contributed by atoms with Crippen LogP contribution in [-0.2, 0) is 0 Å². The summed E-state index contributed by atoms with van der Waals surface area (Å²) in [6.07, 6.45) is -0.638. The summed E-state index contributed by atoms with van der Waals surface area (Å²) in [5.74, 6) is 0. The minimum absolute atomic E-state index is 0.350. The molecule has 0 saturated carbocycles. The SMILES string of the molecule is Cc1ccc2[nH]c(=O)n(C(C)N)c(=O)c2c1. The molecule has 0 aliphatic carbocycles. The van der Waals surface area contributed by atoms with Crippen LogP contribution in [0, 0.1) is 6.92 Å². The molecular weight excluding hydrogens is 206 g/mol. The normalized spacial score (nSPS) is 12.9. The summed E-state index contributed by atoms with van der Waals surface area (Å²) in [5, 5.41) is 0.483. The largest absolute Gasteiger partial charge is 0.330 e. The van der Waals surface area contributed by atoms with Crippen molar-refractivity contribution >= 4 is 10.9 Å². The highest BCUT2D eigenvalue weighted by Gasteiger charge is 2.09. The number of fused-ring (bicyclic) bond motifs is 1. The van der Waals surface area contributed by atoms with Crippen LogP contribution >= 0.6 is 0 Å². The van der Waals surface area contributed by atoms with Crippen molar-refractivity contribution < 1.29 is 0 Å². The Morgan fingerprint density at radius 3 is 2.69 bits per heavy atom. The highest BCUT2D eigenvalue weighted by Crippen LogP contribution is 2.08. The number of nitrogens with two attached hydrogens (primary N) is 1. The van der Waals surface area contributed by atoms with Crippen molar-refractivity contribution in [1.29, 1.82) is 0 Å². The molecular formula is C11H13N3O2. The number of benzene rings is 1. The first-order chi connectivity index (χ1) is 7.50. The van der Waals surface area contributed by atoms with E-state index >= 15 is 0 Å². The topological polar surface area (TPSA) is 80.9 Å². The van der Waals surface area contributed by atoms with Gasteiger partial charge in [-0.15, -0.1) is 0 Å². The summed E-state index contributed by atoms with van der Waals surface area (Å²) in [6, 6.07) is 5.30. The molecule has 84 valence electrons. The van der Waals surface area contributed by atoms with Crippen molar-refractivity contribution in [2.24, 2.45) is 5.73 Å². The summed E-state index contributed by atoms with van der Waals surface area (Å²) < 4.78 is 1.02. The lowest BCUT2D eigenvalue weighted by atomic mass is 10.2. The van der Waals surface area contributed by atoms with E-state index in [9.17, 15) is 9.59 Å². The van der Waals surface area contributed by atoms with E-state index in [2.05, 4.69) is 4.98 Å². The Bertz CT molecular complexity index is 652. The smallest absolute Gasteiger partial charge is 0.311 e. The highest BCUT2D eigenvalue weighted by atomic mass is 16.2. The third kappa shape index (κ3) is 1.55. The van der Waals surface area contributed by atoms with Crippen LogP contribution in [0.4, 0.5) is 0 Å². The van der Waals surface area contributed by atoms with Gasteiger partial charge < -0.3 is 10.7 Å². The molecule has 1 heterocycles. The predicted molar refractivity (Wildman–Crippen MR) is 62.5 cm³/mol. The van der Waals surface area contributed by atoms with Crippen LogP contribution in [0.15, 0.2) is 27.8 Å². The van der Waals surface area contributed by atoms with Gasteiger partial charge in [-0.25, -0.2) is 9.36 Å². The van der Waals surface area contributed by atoms with E-state index in [0.717, 1.165) is 10.1 Å². The van der Waals surface area contributed by atoms with E-state index in [0.29, 0.717) is 10.9 Å². The molecule has 3 N–H and O–H groups in total. The number of hydrogen-bond acceptors (Lipinski definition) is 3. The molecule has 1 aromatic heterocycles. The Morgan fingerprint density at radius 2 is 2.06 bits per heavy atom. The number of hydrogen-bond donors (Lipinski definition) is 2. The molecule has 0 fully saturated rings. The van der Waals surface area contributed by atoms with Crippen LogP contribution < -0.4 is 17.0 Å². The van der Waals surface area contributed by atoms with Gasteiger partial charge in [0.1, 0.15) is 0 Å². The zero-order chi connectivity index (χ0) is 11.9. The summed E-state index contributed by atoms with van der Waals surface area (Å²) in [4.78, 5) is 26.2. The molecule has 2 rings (SSSR count). The van der Waals surface area contributed by atoms with Gasteiger partial charge in [0, 0.05) is 0 Å². The second-order valence-electron chi connectivity index (χ2n) is 3.89. The van der Waals surface area contributed by atoms with Gasteiger partial charge in [0.2, 0.25) is 0 Å². The van der Waals surface area contributed by atoms with Crippen molar-refractivity contribution in [3.05, 3.63) is 44.6 Å². The van der Waals surface area contributed by atoms with Crippen molar-refractivity contribution in [2.75, 3.05) is 0 Å². The summed E-state index contributed by atoms with van der Waals surface area (Å²) in [5.41, 5.74) is 6.27. The summed E-state index contributed by atoms with van der Waals surface area (Å²) in [6.45, 7) is 3.48. The molecule has 0 amide bonds. The molecule has 5 nitrogen and oxygen atoms in total. The molecule has 0 radical (unpaired) electrons. The molecule has 1 unspecified atom stereocenters. The van der Waals surface area contributed by atoms with Gasteiger partial charge in [-0.2, -0.15) is 0 Å². The van der Waals surface area contributed by atoms with Gasteiger partial charge in [-0.1, -0.05) is 11.6 Å². The Hall–Kier alpha value is -1.88. The summed E-state index contributed by atoms with van der Waals surface area (Å²) >= 11 is 0. The average molecular weight is 219 g/mol. The number of aromatic nitrogens is 2. The van der Waals surface area contributed by atoms with E-state index in [1.165, 1.54) is 0 Å². The Kier molecular flexibility index (Phi) is 2.40. The van der Waals surface area contributed by atoms with Gasteiger partial charge in [0.05, 0.1) is 17.1 Å². The fraction of sp³-hybridized carbons (Fsp3) is 0.273. The fourth-order valence-electron chi connectivity index (χ4n) is 1.71. The third-order valence-electron chi connectivity index (χ3n) is 2.49. The number of nitrogens with zero attached hydrogens (tertiary/aromatic N) is 1. The first kappa shape index (κ1) is 10.6. The lowest BCUT2D eigenvalue weighted by Gasteiger charge is -2.09. The molecule has 0 bridgehead atoms. The molecule has 2 aromatic rings. The van der Waals surface area contributed by atoms with E-state index in [1.807, 2.05) is 13.0 Å². The maximum absolute atomic E-state index is 12.0. The van der Waals surface area contributed by atoms with Gasteiger partial charge >= 0.3 is 5.69 Å². The fourth-order valence-corrected chi connectivity index (χ4v) is 1.71. The van der Waals surface area contributed by atoms with Crippen LogP contribution in [-0.4, -0.2) is 9.55 Å². The third-order valence-corrected chi connectivity index (χ3v) is 2.49. The molecule has 1 aromatic carbocycles. The van der Waals surface area contributed by atoms with Gasteiger partial charge in [0.15, 0.2) is 0 Å². The molecule has 0 saturated heterocycles. The van der Waals surface area contributed by atoms with Gasteiger partial charge in [0.25, 0.3) is 5.56 Å². The average Bonchev–Trinajstić information content (AvgIpc) is 2.19. The Morgan fingerprint density at radius 1 is 1.38 bits per heavy atom. The van der Waals surface area contributed by atoms with E-state index < -0.39 is 11.9 Å². The lowest BCUT2D eigenvalue weighted by molar-refractivity contribution is 0.528. The molecule has 1 atom stereocenters. The Labute approximate surface area is 91.5 Å². The first-order valence-electron chi connectivity index (χ1n) is 5.01. The zero-order valence-electron chi connectivity index (χ0n) is 9.15. The molecule has 0 aliphatic heterocycles. The molecule has 16 heavy (non-hydrogen) atoms. The van der Waals surface area contributed by atoms with Crippen LogP contribution in [0.2, 0.25) is 0 Å². The molecule has 5 heteroatoms. The monoisotopic (exact) mass is 219 g/mol. The number of nitrogens with one attached hydrogen (secondary N) is 1. The van der Waals surface area contributed by atoms with Crippen LogP contribution in [0.1, 0.15) is 18.7 Å². The second-order valence-corrected chi connectivity index (χ2v) is 3.89. The van der Waals surface area contributed by atoms with Crippen molar-refractivity contribution in [3.8, 4) is 0 Å². The lowest BCUT2D eigenvalue weighted by Crippen LogP contribution is -2.40. The van der Waals surface area contributed by atoms with Crippen molar-refractivity contribution in [3.63, 3.8) is 0 Å². The highest BCUT2D eigenvalue weighted by molar-refractivity contribution is 5.77. The predicted octanol–water partition coefficient (Wildman–Crippen LogP) is 0.475. The van der Waals surface area contributed by atoms with E-state index in [-0.39, 0.29) is 5.56 Å². The second kappa shape index (κ2) is 3.61. The van der Waals surface area contributed by atoms with Crippen molar-refractivity contribution in [1.82, 2.24) is 9.55 Å². The maximum Gasteiger partial charge on any atom is 0.330 e. The molecule has 0 spiro atoms. The zero-order valence-corrected chi connectivity index (χ0v) is 9.15. The standard InChI is InChI=1S/C11H13N3O2/c1-6-3-4-9-8(5-6)10(15)14(7(2)12)11(16)13-9/h3-5,7H,12H2,1-2H3,(H,13,16). The number of H-pyrrole nitrogens is 1. The Balaban J connectivity index is 2.97. The van der Waals surface area contributed by atoms with E-state index in [1.54, 1.807) is 19.1 Å². The quantitative estimate of drug-likeness (QED) is 0.731. The van der Waals surface area contributed by atoms with Crippen LogP contribution in [0.5, 0.6) is 0 Å². The van der Waals surface area contributed by atoms with E-state index in [4.69, 9.17) is 5.73 Å². The minimum Gasteiger partial charge on any atom is -0.311 e. The van der Waals surface area contributed by atoms with Gasteiger partial charge in [-0.05, 0) is 26.0 Å². The van der Waals surface area contributed by atoms with Crippen molar-refractivity contribution in [2.45, 2.75) is 20.0 Å². The number of aromatic amines is 1.